The molecule has 0 saturated carbocycles. The van der Waals surface area contributed by atoms with Gasteiger partial charge >= 0.3 is 0 Å². The van der Waals surface area contributed by atoms with E-state index in [1.807, 2.05) is 4.90 Å². The number of aliphatic hydroxyl groups is 1. The van der Waals surface area contributed by atoms with Crippen molar-refractivity contribution in [1.29, 1.82) is 0 Å². The Kier molecular flexibility index (Phi) is 4.46. The zero-order chi connectivity index (χ0) is 14.5. The summed E-state index contributed by atoms with van der Waals surface area (Å²) in [4.78, 5) is 20.0. The second-order valence-corrected chi connectivity index (χ2v) is 4.74. The molecule has 1 aromatic rings. The zero-order valence-corrected chi connectivity index (χ0v) is 11.0. The van der Waals surface area contributed by atoms with Crippen molar-refractivity contribution in [2.75, 3.05) is 19.7 Å². The lowest BCUT2D eigenvalue weighted by Crippen LogP contribution is -2.44. The highest BCUT2D eigenvalue weighted by Gasteiger charge is 2.20. The lowest BCUT2D eigenvalue weighted by molar-refractivity contribution is -0.385. The minimum atomic E-state index is -0.514. The summed E-state index contributed by atoms with van der Waals surface area (Å²) in [7, 11) is 0. The van der Waals surface area contributed by atoms with Crippen molar-refractivity contribution in [3.8, 4) is 0 Å². The lowest BCUT2D eigenvalue weighted by atomic mass is 9.99. The highest BCUT2D eigenvalue weighted by molar-refractivity contribution is 5.80. The van der Waals surface area contributed by atoms with Crippen molar-refractivity contribution in [3.05, 3.63) is 28.4 Å². The van der Waals surface area contributed by atoms with Crippen LogP contribution in [0.5, 0.6) is 0 Å². The first-order valence-corrected chi connectivity index (χ1v) is 6.40. The van der Waals surface area contributed by atoms with E-state index in [9.17, 15) is 15.2 Å². The number of hydrogen-bond acceptors (Lipinski definition) is 5. The minimum Gasteiger partial charge on any atom is -0.396 e. The molecule has 2 heterocycles. The Morgan fingerprint density at radius 1 is 1.65 bits per heavy atom. The number of aliphatic hydroxyl groups excluding tert-OH is 1. The van der Waals surface area contributed by atoms with Gasteiger partial charge < -0.3 is 15.7 Å². The molecule has 2 rings (SSSR count). The summed E-state index contributed by atoms with van der Waals surface area (Å²) >= 11 is 0. The van der Waals surface area contributed by atoms with Gasteiger partial charge in [0.15, 0.2) is 11.8 Å². The van der Waals surface area contributed by atoms with Crippen molar-refractivity contribution in [3.63, 3.8) is 0 Å². The van der Waals surface area contributed by atoms with Gasteiger partial charge in [0.05, 0.1) is 4.92 Å². The first-order valence-electron chi connectivity index (χ1n) is 6.40. The van der Waals surface area contributed by atoms with E-state index in [4.69, 9.17) is 5.73 Å². The number of hydrogen-bond donors (Lipinski definition) is 2. The normalized spacial score (nSPS) is 19.9. The van der Waals surface area contributed by atoms with E-state index in [0.717, 1.165) is 25.6 Å². The highest BCUT2D eigenvalue weighted by atomic mass is 16.6. The fraction of sp³-hybridized carbons (Fsp3) is 0.500. The molecule has 0 bridgehead atoms. The summed E-state index contributed by atoms with van der Waals surface area (Å²) < 4.78 is 0. The Morgan fingerprint density at radius 2 is 2.45 bits per heavy atom. The first-order chi connectivity index (χ1) is 9.60. The third-order valence-electron chi connectivity index (χ3n) is 3.27. The average Bonchev–Trinajstić information content (AvgIpc) is 2.47. The highest BCUT2D eigenvalue weighted by Crippen LogP contribution is 2.18. The van der Waals surface area contributed by atoms with Crippen molar-refractivity contribution in [2.24, 2.45) is 16.6 Å². The van der Waals surface area contributed by atoms with Crippen molar-refractivity contribution >= 4 is 17.5 Å². The summed E-state index contributed by atoms with van der Waals surface area (Å²) in [6.07, 6.45) is 3.09. The third kappa shape index (κ3) is 3.41. The smallest absolute Gasteiger partial charge is 0.287 e. The van der Waals surface area contributed by atoms with E-state index in [-0.39, 0.29) is 18.2 Å². The molecule has 8 heteroatoms. The molecule has 1 unspecified atom stereocenters. The van der Waals surface area contributed by atoms with Crippen LogP contribution in [0.3, 0.4) is 0 Å². The van der Waals surface area contributed by atoms with E-state index < -0.39 is 4.92 Å². The zero-order valence-electron chi connectivity index (χ0n) is 11.0. The monoisotopic (exact) mass is 279 g/mol. The molecule has 8 nitrogen and oxygen atoms in total. The van der Waals surface area contributed by atoms with Gasteiger partial charge in [-0.2, -0.15) is 4.99 Å². The van der Waals surface area contributed by atoms with E-state index in [0.29, 0.717) is 18.3 Å². The van der Waals surface area contributed by atoms with Gasteiger partial charge in [0.25, 0.3) is 5.69 Å². The van der Waals surface area contributed by atoms with E-state index >= 15 is 0 Å². The van der Waals surface area contributed by atoms with Gasteiger partial charge in [-0.3, -0.25) is 10.1 Å². The van der Waals surface area contributed by atoms with Crippen molar-refractivity contribution in [1.82, 2.24) is 9.88 Å². The molecule has 0 amide bonds. The average molecular weight is 279 g/mol. The first kappa shape index (κ1) is 14.2. The number of likely N-dealkylation sites (tertiary alicyclic amines) is 1. The number of rotatable bonds is 3. The summed E-state index contributed by atoms with van der Waals surface area (Å²) in [6.45, 7) is 1.59. The second-order valence-electron chi connectivity index (χ2n) is 4.74. The number of aliphatic imine (C=N–C) groups is 1. The number of nitrogens with two attached hydrogens (primary N) is 1. The number of aromatic nitrogens is 1. The molecule has 108 valence electrons. The molecule has 3 N–H and O–H groups in total. The van der Waals surface area contributed by atoms with Crippen LogP contribution in [0.2, 0.25) is 0 Å². The Hall–Kier alpha value is -2.22. The quantitative estimate of drug-likeness (QED) is 0.363. The maximum atomic E-state index is 10.5. The Balaban J connectivity index is 2.07. The standard InChI is InChI=1S/C12H17N5O3/c13-12(16-5-1-2-9(7-16)8-18)15-11-4-3-10(6-14-11)17(19)20/h3-4,6,9,18H,1-2,5,7-8H2,(H2,13,14,15). The number of nitro groups is 1. The van der Waals surface area contributed by atoms with Crippen LogP contribution >= 0.6 is 0 Å². The molecule has 1 saturated heterocycles. The van der Waals surface area contributed by atoms with Crippen LogP contribution < -0.4 is 5.73 Å². The molecule has 0 spiro atoms. The number of nitrogens with zero attached hydrogens (tertiary/aromatic N) is 4. The van der Waals surface area contributed by atoms with Crippen molar-refractivity contribution < 1.29 is 10.0 Å². The van der Waals surface area contributed by atoms with Gasteiger partial charge in [-0.15, -0.1) is 0 Å². The minimum absolute atomic E-state index is 0.0826. The third-order valence-corrected chi connectivity index (χ3v) is 3.27. The Bertz CT molecular complexity index is 502. The second kappa shape index (κ2) is 6.29. The van der Waals surface area contributed by atoms with E-state index in [2.05, 4.69) is 9.98 Å². The van der Waals surface area contributed by atoms with Gasteiger partial charge in [-0.25, -0.2) is 4.98 Å². The molecular weight excluding hydrogens is 262 g/mol. The predicted octanol–water partition coefficient (Wildman–Crippen LogP) is 0.640. The SMILES string of the molecule is NC(=Nc1ccc([N+](=O)[O-])cn1)N1CCCC(CO)C1. The molecule has 20 heavy (non-hydrogen) atoms. The molecule has 0 aliphatic carbocycles. The molecule has 0 aromatic carbocycles. The maximum Gasteiger partial charge on any atom is 0.287 e. The van der Waals surface area contributed by atoms with E-state index in [1.165, 1.54) is 12.1 Å². The molecule has 1 aliphatic rings. The predicted molar refractivity (Wildman–Crippen MR) is 73.6 cm³/mol. The maximum absolute atomic E-state index is 10.5. The van der Waals surface area contributed by atoms with Crippen LogP contribution in [-0.4, -0.2) is 45.6 Å². The summed E-state index contributed by atoms with van der Waals surface area (Å²) in [5, 5.41) is 19.7. The molecular formula is C12H17N5O3. The van der Waals surface area contributed by atoms with Gasteiger partial charge in [-0.1, -0.05) is 0 Å². The van der Waals surface area contributed by atoms with Crippen molar-refractivity contribution in [2.45, 2.75) is 12.8 Å². The summed E-state index contributed by atoms with van der Waals surface area (Å²) in [6, 6.07) is 2.80. The van der Waals surface area contributed by atoms with Gasteiger partial charge in [-0.05, 0) is 24.8 Å². The fourth-order valence-corrected chi connectivity index (χ4v) is 2.16. The van der Waals surface area contributed by atoms with Crippen LogP contribution in [0.15, 0.2) is 23.3 Å². The van der Waals surface area contributed by atoms with Crippen LogP contribution in [0.4, 0.5) is 11.5 Å². The Labute approximate surface area is 116 Å². The fourth-order valence-electron chi connectivity index (χ4n) is 2.16. The van der Waals surface area contributed by atoms with Crippen LogP contribution in [0, 0.1) is 16.0 Å². The molecule has 0 radical (unpaired) electrons. The number of piperidine rings is 1. The number of guanidine groups is 1. The molecule has 1 aromatic heterocycles. The Morgan fingerprint density at radius 3 is 3.05 bits per heavy atom. The van der Waals surface area contributed by atoms with Gasteiger partial charge in [0.1, 0.15) is 6.20 Å². The summed E-state index contributed by atoms with van der Waals surface area (Å²) in [5.41, 5.74) is 5.83. The molecule has 1 atom stereocenters. The van der Waals surface area contributed by atoms with E-state index in [1.54, 1.807) is 0 Å². The summed E-state index contributed by atoms with van der Waals surface area (Å²) in [5.74, 6) is 0.867. The topological polar surface area (TPSA) is 118 Å². The van der Waals surface area contributed by atoms with Gasteiger partial charge in [0.2, 0.25) is 0 Å². The lowest BCUT2D eigenvalue weighted by Gasteiger charge is -2.32. The van der Waals surface area contributed by atoms with Crippen LogP contribution in [-0.2, 0) is 0 Å². The largest absolute Gasteiger partial charge is 0.396 e. The molecule has 1 aliphatic heterocycles. The number of pyridine rings is 1. The van der Waals surface area contributed by atoms with Crippen LogP contribution in [0.1, 0.15) is 12.8 Å². The van der Waals surface area contributed by atoms with Gasteiger partial charge in [0, 0.05) is 25.8 Å². The molecule has 1 fully saturated rings. The van der Waals surface area contributed by atoms with Crippen LogP contribution in [0.25, 0.3) is 0 Å².